The van der Waals surface area contributed by atoms with Crippen LogP contribution in [0.3, 0.4) is 0 Å². The third kappa shape index (κ3) is 3.08. The lowest BCUT2D eigenvalue weighted by atomic mass is 10.0. The molecular weight excluding hydrogens is 231 g/mol. The molecule has 2 nitrogen and oxygen atoms in total. The van der Waals surface area contributed by atoms with Crippen LogP contribution in [0, 0.1) is 0 Å². The highest BCUT2D eigenvalue weighted by molar-refractivity contribution is 6.33. The van der Waals surface area contributed by atoms with Gasteiger partial charge in [-0.3, -0.25) is 0 Å². The van der Waals surface area contributed by atoms with Crippen molar-refractivity contribution in [1.29, 1.82) is 0 Å². The molecule has 2 N–H and O–H groups in total. The maximum absolute atomic E-state index is 6.11. The Morgan fingerprint density at radius 3 is 2.87 bits per heavy atom. The van der Waals surface area contributed by atoms with Gasteiger partial charge in [0.1, 0.15) is 0 Å². The van der Waals surface area contributed by atoms with E-state index in [1.807, 2.05) is 18.2 Å². The number of nitrogens with one attached hydrogen (secondary N) is 2. The third-order valence-electron chi connectivity index (χ3n) is 2.60. The first-order valence-electron chi connectivity index (χ1n) is 5.14. The van der Waals surface area contributed by atoms with E-state index in [1.54, 1.807) is 0 Å². The van der Waals surface area contributed by atoms with E-state index < -0.39 is 0 Å². The fourth-order valence-electron chi connectivity index (χ4n) is 1.82. The van der Waals surface area contributed by atoms with Crippen molar-refractivity contribution in [3.63, 3.8) is 0 Å². The predicted octanol–water partition coefficient (Wildman–Crippen LogP) is 2.10. The molecule has 15 heavy (non-hydrogen) atoms. The van der Waals surface area contributed by atoms with E-state index in [-0.39, 0.29) is 0 Å². The van der Waals surface area contributed by atoms with Gasteiger partial charge in [-0.05, 0) is 30.2 Å². The van der Waals surface area contributed by atoms with Crippen LogP contribution in [-0.4, -0.2) is 25.7 Å². The van der Waals surface area contributed by atoms with Crippen molar-refractivity contribution in [3.8, 4) is 0 Å². The molecule has 1 heterocycles. The van der Waals surface area contributed by atoms with Crippen molar-refractivity contribution in [3.05, 3.63) is 33.8 Å². The Balaban J connectivity index is 2.05. The lowest BCUT2D eigenvalue weighted by Gasteiger charge is -2.24. The molecule has 82 valence electrons. The molecule has 1 aliphatic heterocycles. The highest BCUT2D eigenvalue weighted by atomic mass is 35.5. The molecule has 1 saturated heterocycles. The van der Waals surface area contributed by atoms with Gasteiger partial charge < -0.3 is 10.6 Å². The molecule has 4 heteroatoms. The zero-order valence-corrected chi connectivity index (χ0v) is 9.91. The lowest BCUT2D eigenvalue weighted by Crippen LogP contribution is -2.49. The first kappa shape index (κ1) is 11.2. The summed E-state index contributed by atoms with van der Waals surface area (Å²) in [4.78, 5) is 0. The predicted molar refractivity (Wildman–Crippen MR) is 64.8 cm³/mol. The summed E-state index contributed by atoms with van der Waals surface area (Å²) in [6.07, 6.45) is 0.923. The summed E-state index contributed by atoms with van der Waals surface area (Å²) < 4.78 is 0. The van der Waals surface area contributed by atoms with E-state index in [0.29, 0.717) is 6.04 Å². The maximum Gasteiger partial charge on any atom is 0.0439 e. The molecule has 1 atom stereocenters. The van der Waals surface area contributed by atoms with E-state index >= 15 is 0 Å². The van der Waals surface area contributed by atoms with Gasteiger partial charge in [-0.15, -0.1) is 0 Å². The van der Waals surface area contributed by atoms with E-state index in [2.05, 4.69) is 10.6 Å². The summed E-state index contributed by atoms with van der Waals surface area (Å²) in [6, 6.07) is 6.07. The Hall–Kier alpha value is -0.280. The summed E-state index contributed by atoms with van der Waals surface area (Å²) in [6.45, 7) is 3.05. The van der Waals surface area contributed by atoms with Crippen LogP contribution in [0.25, 0.3) is 0 Å². The van der Waals surface area contributed by atoms with Crippen LogP contribution in [-0.2, 0) is 6.42 Å². The molecule has 1 unspecified atom stereocenters. The average molecular weight is 245 g/mol. The minimum absolute atomic E-state index is 0.453. The molecule has 0 bridgehead atoms. The van der Waals surface area contributed by atoms with Gasteiger partial charge in [0.25, 0.3) is 0 Å². The van der Waals surface area contributed by atoms with Crippen LogP contribution in [0.2, 0.25) is 10.0 Å². The first-order chi connectivity index (χ1) is 7.25. The molecular formula is C11H14Cl2N2. The quantitative estimate of drug-likeness (QED) is 0.833. The lowest BCUT2D eigenvalue weighted by molar-refractivity contribution is 0.417. The molecule has 1 aliphatic rings. The van der Waals surface area contributed by atoms with Gasteiger partial charge in [-0.2, -0.15) is 0 Å². The zero-order chi connectivity index (χ0) is 10.7. The molecule has 0 spiro atoms. The molecule has 0 radical (unpaired) electrons. The minimum atomic E-state index is 0.453. The number of rotatable bonds is 2. The second-order valence-corrected chi connectivity index (χ2v) is 4.64. The first-order valence-corrected chi connectivity index (χ1v) is 5.89. The summed E-state index contributed by atoms with van der Waals surface area (Å²) in [5.74, 6) is 0. The topological polar surface area (TPSA) is 24.1 Å². The van der Waals surface area contributed by atoms with Crippen LogP contribution >= 0.6 is 23.2 Å². The molecule has 1 fully saturated rings. The minimum Gasteiger partial charge on any atom is -0.314 e. The summed E-state index contributed by atoms with van der Waals surface area (Å²) in [5.41, 5.74) is 1.12. The highest BCUT2D eigenvalue weighted by Crippen LogP contribution is 2.21. The summed E-state index contributed by atoms with van der Waals surface area (Å²) in [7, 11) is 0. The molecule has 0 saturated carbocycles. The van der Waals surface area contributed by atoms with E-state index in [1.165, 1.54) is 0 Å². The summed E-state index contributed by atoms with van der Waals surface area (Å²) in [5, 5.41) is 8.35. The second kappa shape index (κ2) is 5.17. The largest absolute Gasteiger partial charge is 0.314 e. The Morgan fingerprint density at radius 2 is 2.13 bits per heavy atom. The molecule has 1 aromatic rings. The normalized spacial score (nSPS) is 21.6. The van der Waals surface area contributed by atoms with Gasteiger partial charge in [0, 0.05) is 35.7 Å². The Morgan fingerprint density at radius 1 is 1.27 bits per heavy atom. The van der Waals surface area contributed by atoms with Gasteiger partial charge in [0.15, 0.2) is 0 Å². The van der Waals surface area contributed by atoms with E-state index in [4.69, 9.17) is 23.2 Å². The van der Waals surface area contributed by atoms with Crippen LogP contribution in [0.15, 0.2) is 18.2 Å². The standard InChI is InChI=1S/C11H14Cl2N2/c12-9-1-2-11(13)8(5-9)6-10-7-14-3-4-15-10/h1-2,5,10,14-15H,3-4,6-7H2. The van der Waals surface area contributed by atoms with Gasteiger partial charge >= 0.3 is 0 Å². The van der Waals surface area contributed by atoms with Crippen molar-refractivity contribution in [1.82, 2.24) is 10.6 Å². The molecule has 0 aromatic heterocycles. The molecule has 1 aromatic carbocycles. The SMILES string of the molecule is Clc1ccc(Cl)c(CC2CNCCN2)c1. The van der Waals surface area contributed by atoms with Crippen molar-refractivity contribution < 1.29 is 0 Å². The third-order valence-corrected chi connectivity index (χ3v) is 3.20. The number of piperazine rings is 1. The van der Waals surface area contributed by atoms with Gasteiger partial charge in [-0.1, -0.05) is 23.2 Å². The Kier molecular flexibility index (Phi) is 3.87. The number of hydrogen-bond acceptors (Lipinski definition) is 2. The molecule has 0 aliphatic carbocycles. The van der Waals surface area contributed by atoms with E-state index in [0.717, 1.165) is 41.7 Å². The van der Waals surface area contributed by atoms with Crippen molar-refractivity contribution in [2.75, 3.05) is 19.6 Å². The molecule has 2 rings (SSSR count). The van der Waals surface area contributed by atoms with Crippen LogP contribution < -0.4 is 10.6 Å². The number of hydrogen-bond donors (Lipinski definition) is 2. The average Bonchev–Trinajstić information content (AvgIpc) is 2.25. The van der Waals surface area contributed by atoms with Crippen LogP contribution in [0.1, 0.15) is 5.56 Å². The van der Waals surface area contributed by atoms with Crippen molar-refractivity contribution in [2.45, 2.75) is 12.5 Å². The number of benzene rings is 1. The summed E-state index contributed by atoms with van der Waals surface area (Å²) >= 11 is 12.0. The fourth-order valence-corrected chi connectivity index (χ4v) is 2.21. The van der Waals surface area contributed by atoms with Crippen molar-refractivity contribution in [2.24, 2.45) is 0 Å². The molecule has 0 amide bonds. The number of halogens is 2. The van der Waals surface area contributed by atoms with Gasteiger partial charge in [0.05, 0.1) is 0 Å². The van der Waals surface area contributed by atoms with Crippen LogP contribution in [0.5, 0.6) is 0 Å². The maximum atomic E-state index is 6.11. The fraction of sp³-hybridized carbons (Fsp3) is 0.455. The monoisotopic (exact) mass is 244 g/mol. The second-order valence-electron chi connectivity index (χ2n) is 3.80. The van der Waals surface area contributed by atoms with Crippen molar-refractivity contribution >= 4 is 23.2 Å². The van der Waals surface area contributed by atoms with Gasteiger partial charge in [-0.25, -0.2) is 0 Å². The Bertz CT molecular complexity index is 335. The highest BCUT2D eigenvalue weighted by Gasteiger charge is 2.14. The zero-order valence-electron chi connectivity index (χ0n) is 8.39. The Labute approximate surface area is 100.0 Å². The van der Waals surface area contributed by atoms with Gasteiger partial charge in [0.2, 0.25) is 0 Å². The van der Waals surface area contributed by atoms with E-state index in [9.17, 15) is 0 Å². The van der Waals surface area contributed by atoms with Crippen LogP contribution in [0.4, 0.5) is 0 Å². The smallest absolute Gasteiger partial charge is 0.0439 e.